The predicted octanol–water partition coefficient (Wildman–Crippen LogP) is 3.95. The number of rotatable bonds is 3. The van der Waals surface area contributed by atoms with E-state index < -0.39 is 11.7 Å². The highest BCUT2D eigenvalue weighted by Crippen LogP contribution is 2.31. The van der Waals surface area contributed by atoms with Crippen molar-refractivity contribution in [3.63, 3.8) is 0 Å². The maximum atomic E-state index is 12.8. The highest BCUT2D eigenvalue weighted by atomic mass is 19.4. The van der Waals surface area contributed by atoms with Crippen LogP contribution in [0.15, 0.2) is 61.2 Å². The number of nitrogens with one attached hydrogen (secondary N) is 1. The zero-order chi connectivity index (χ0) is 18.1. The summed E-state index contributed by atoms with van der Waals surface area (Å²) in [6, 6.07) is 8.46. The van der Waals surface area contributed by atoms with Gasteiger partial charge in [0.1, 0.15) is 5.69 Å². The van der Waals surface area contributed by atoms with Gasteiger partial charge in [0.25, 0.3) is 0 Å². The summed E-state index contributed by atoms with van der Waals surface area (Å²) in [5.41, 5.74) is 1.30. The molecule has 0 spiro atoms. The Bertz CT molecular complexity index is 1060. The van der Waals surface area contributed by atoms with Crippen molar-refractivity contribution < 1.29 is 13.2 Å². The lowest BCUT2D eigenvalue weighted by Crippen LogP contribution is -2.05. The third-order valence-electron chi connectivity index (χ3n) is 3.64. The largest absolute Gasteiger partial charge is 0.416 e. The molecule has 9 heteroatoms. The molecule has 6 nitrogen and oxygen atoms in total. The van der Waals surface area contributed by atoms with E-state index in [4.69, 9.17) is 0 Å². The summed E-state index contributed by atoms with van der Waals surface area (Å²) in [6.45, 7) is 0. The number of hydrogen-bond donors (Lipinski definition) is 1. The van der Waals surface area contributed by atoms with Gasteiger partial charge < -0.3 is 5.32 Å². The van der Waals surface area contributed by atoms with E-state index in [1.54, 1.807) is 30.9 Å². The van der Waals surface area contributed by atoms with Gasteiger partial charge in [-0.2, -0.15) is 18.2 Å². The molecule has 1 aromatic carbocycles. The minimum absolute atomic E-state index is 0.169. The number of fused-ring (bicyclic) bond motifs is 1. The van der Waals surface area contributed by atoms with E-state index in [0.29, 0.717) is 11.3 Å². The van der Waals surface area contributed by atoms with Crippen LogP contribution in [0.4, 0.5) is 24.8 Å². The van der Waals surface area contributed by atoms with E-state index >= 15 is 0 Å². The third kappa shape index (κ3) is 3.06. The molecule has 26 heavy (non-hydrogen) atoms. The Kier molecular flexibility index (Phi) is 3.76. The van der Waals surface area contributed by atoms with Crippen molar-refractivity contribution in [2.75, 3.05) is 5.32 Å². The number of benzene rings is 1. The predicted molar refractivity (Wildman–Crippen MR) is 88.7 cm³/mol. The summed E-state index contributed by atoms with van der Waals surface area (Å²) < 4.78 is 40.0. The average Bonchev–Trinajstić information content (AvgIpc) is 3.04. The van der Waals surface area contributed by atoms with Crippen LogP contribution < -0.4 is 5.32 Å². The first-order valence-corrected chi connectivity index (χ1v) is 7.57. The molecule has 0 radical (unpaired) electrons. The number of alkyl halides is 3. The first-order valence-electron chi connectivity index (χ1n) is 7.57. The Morgan fingerprint density at radius 2 is 1.92 bits per heavy atom. The summed E-state index contributed by atoms with van der Waals surface area (Å²) >= 11 is 0. The molecule has 3 heterocycles. The Morgan fingerprint density at radius 1 is 1.04 bits per heavy atom. The van der Waals surface area contributed by atoms with Gasteiger partial charge in [0.2, 0.25) is 5.95 Å². The van der Waals surface area contributed by atoms with Crippen molar-refractivity contribution in [2.45, 2.75) is 6.18 Å². The van der Waals surface area contributed by atoms with Crippen LogP contribution in [-0.4, -0.2) is 24.6 Å². The molecular formula is C17H11F3N6. The summed E-state index contributed by atoms with van der Waals surface area (Å²) in [4.78, 5) is 12.7. The minimum atomic E-state index is -4.42. The number of aromatic nitrogens is 5. The van der Waals surface area contributed by atoms with Gasteiger partial charge >= 0.3 is 6.18 Å². The van der Waals surface area contributed by atoms with Gasteiger partial charge in [0.05, 0.1) is 5.56 Å². The molecule has 1 N–H and O–H groups in total. The van der Waals surface area contributed by atoms with Crippen LogP contribution in [0.5, 0.6) is 0 Å². The van der Waals surface area contributed by atoms with E-state index in [-0.39, 0.29) is 11.6 Å². The van der Waals surface area contributed by atoms with Crippen molar-refractivity contribution in [1.29, 1.82) is 0 Å². The molecule has 0 atom stereocenters. The fourth-order valence-corrected chi connectivity index (χ4v) is 2.48. The summed E-state index contributed by atoms with van der Waals surface area (Å²) in [5.74, 6) is 0.169. The number of hydrogen-bond acceptors (Lipinski definition) is 5. The van der Waals surface area contributed by atoms with Gasteiger partial charge in [-0.3, -0.25) is 9.97 Å². The molecule has 0 amide bonds. The molecule has 0 aliphatic carbocycles. The van der Waals surface area contributed by atoms with Crippen LogP contribution in [-0.2, 0) is 6.18 Å². The van der Waals surface area contributed by atoms with Gasteiger partial charge in [-0.1, -0.05) is 6.07 Å². The van der Waals surface area contributed by atoms with Crippen molar-refractivity contribution in [1.82, 2.24) is 24.6 Å². The normalized spacial score (nSPS) is 11.7. The molecular weight excluding hydrogens is 345 g/mol. The second-order valence-corrected chi connectivity index (χ2v) is 5.42. The summed E-state index contributed by atoms with van der Waals surface area (Å²) in [6.07, 6.45) is 2.06. The van der Waals surface area contributed by atoms with Gasteiger partial charge in [-0.15, -0.1) is 5.10 Å². The zero-order valence-electron chi connectivity index (χ0n) is 13.1. The van der Waals surface area contributed by atoms with Crippen LogP contribution in [0, 0.1) is 0 Å². The monoisotopic (exact) mass is 356 g/mol. The maximum absolute atomic E-state index is 12.8. The Morgan fingerprint density at radius 3 is 2.69 bits per heavy atom. The van der Waals surface area contributed by atoms with Gasteiger partial charge in [-0.05, 0) is 30.3 Å². The molecule has 0 aliphatic rings. The quantitative estimate of drug-likeness (QED) is 0.602. The van der Waals surface area contributed by atoms with Crippen LogP contribution in [0.3, 0.4) is 0 Å². The maximum Gasteiger partial charge on any atom is 0.416 e. The second kappa shape index (κ2) is 6.10. The van der Waals surface area contributed by atoms with Crippen molar-refractivity contribution in [3.8, 4) is 11.3 Å². The third-order valence-corrected chi connectivity index (χ3v) is 3.64. The smallest absolute Gasteiger partial charge is 0.323 e. The van der Waals surface area contributed by atoms with Crippen LogP contribution in [0.1, 0.15) is 5.56 Å². The lowest BCUT2D eigenvalue weighted by Gasteiger charge is -2.08. The molecule has 0 aliphatic heterocycles. The van der Waals surface area contributed by atoms with Gasteiger partial charge in [0.15, 0.2) is 5.65 Å². The van der Waals surface area contributed by atoms with E-state index in [9.17, 15) is 13.2 Å². The summed E-state index contributed by atoms with van der Waals surface area (Å²) in [7, 11) is 0. The standard InChI is InChI=1S/C17H11F3N6/c18-17(19,20)12-4-1-5-13(9-12)23-16-24-15-14(11-3-2-6-21-10-11)22-7-8-26(15)25-16/h1-10H,(H,23,25). The molecule has 0 unspecified atom stereocenters. The number of pyridine rings is 1. The fourth-order valence-electron chi connectivity index (χ4n) is 2.48. The SMILES string of the molecule is FC(F)(F)c1cccc(Nc2nc3c(-c4cccnc4)nccn3n2)c1. The molecule has 3 aromatic heterocycles. The number of anilines is 2. The highest BCUT2D eigenvalue weighted by molar-refractivity contribution is 5.73. The number of nitrogens with zero attached hydrogens (tertiary/aromatic N) is 5. The Balaban J connectivity index is 1.71. The summed E-state index contributed by atoms with van der Waals surface area (Å²) in [5, 5.41) is 7.04. The van der Waals surface area contributed by atoms with Crippen LogP contribution in [0.2, 0.25) is 0 Å². The van der Waals surface area contributed by atoms with Gasteiger partial charge in [0, 0.05) is 36.0 Å². The lowest BCUT2D eigenvalue weighted by atomic mass is 10.2. The van der Waals surface area contributed by atoms with Gasteiger partial charge in [-0.25, -0.2) is 4.52 Å². The molecule has 0 bridgehead atoms. The minimum Gasteiger partial charge on any atom is -0.323 e. The first-order chi connectivity index (χ1) is 12.5. The lowest BCUT2D eigenvalue weighted by molar-refractivity contribution is -0.137. The number of halogens is 3. The van der Waals surface area contributed by atoms with Crippen molar-refractivity contribution in [2.24, 2.45) is 0 Å². The molecule has 4 rings (SSSR count). The molecule has 130 valence electrons. The second-order valence-electron chi connectivity index (χ2n) is 5.42. The van der Waals surface area contributed by atoms with Crippen LogP contribution in [0.25, 0.3) is 16.9 Å². The van der Waals surface area contributed by atoms with E-state index in [1.165, 1.54) is 16.6 Å². The molecule has 0 saturated carbocycles. The zero-order valence-corrected chi connectivity index (χ0v) is 13.1. The molecule has 4 aromatic rings. The van der Waals surface area contributed by atoms with Crippen molar-refractivity contribution in [3.05, 3.63) is 66.7 Å². The van der Waals surface area contributed by atoms with Crippen molar-refractivity contribution >= 4 is 17.3 Å². The highest BCUT2D eigenvalue weighted by Gasteiger charge is 2.30. The van der Waals surface area contributed by atoms with E-state index in [1.807, 2.05) is 6.07 Å². The topological polar surface area (TPSA) is 68.0 Å². The average molecular weight is 356 g/mol. The first kappa shape index (κ1) is 16.0. The van der Waals surface area contributed by atoms with E-state index in [0.717, 1.165) is 17.7 Å². The molecule has 0 saturated heterocycles. The molecule has 0 fully saturated rings. The Hall–Kier alpha value is -3.49. The van der Waals surface area contributed by atoms with Crippen LogP contribution >= 0.6 is 0 Å². The fraction of sp³-hybridized carbons (Fsp3) is 0.0588. The Labute approximate surface area is 145 Å². The van der Waals surface area contributed by atoms with E-state index in [2.05, 4.69) is 25.4 Å².